The molecule has 86 valence electrons. The summed E-state index contributed by atoms with van der Waals surface area (Å²) >= 11 is 0. The van der Waals surface area contributed by atoms with Crippen molar-refractivity contribution in [3.63, 3.8) is 0 Å². The molecule has 2 aromatic rings. The van der Waals surface area contributed by atoms with E-state index < -0.39 is 6.10 Å². The minimum absolute atomic E-state index is 0.258. The highest BCUT2D eigenvalue weighted by molar-refractivity contribution is 5.37. The van der Waals surface area contributed by atoms with Crippen LogP contribution in [0.2, 0.25) is 0 Å². The maximum Gasteiger partial charge on any atom is 0.150 e. The maximum absolute atomic E-state index is 10.1. The number of aliphatic hydroxyl groups excluding tert-OH is 1. The summed E-state index contributed by atoms with van der Waals surface area (Å²) in [6.07, 6.45) is -0.0890. The van der Waals surface area contributed by atoms with Gasteiger partial charge in [0.25, 0.3) is 0 Å². The number of rotatable bonds is 1. The van der Waals surface area contributed by atoms with Crippen molar-refractivity contribution in [2.75, 3.05) is 0 Å². The van der Waals surface area contributed by atoms with E-state index in [0.29, 0.717) is 6.42 Å². The van der Waals surface area contributed by atoms with Gasteiger partial charge in [0, 0.05) is 6.42 Å². The molecule has 0 radical (unpaired) electrons. The lowest BCUT2D eigenvalue weighted by atomic mass is 9.95. The molecule has 0 fully saturated rings. The average Bonchev–Trinajstić information content (AvgIpc) is 2.39. The van der Waals surface area contributed by atoms with Gasteiger partial charge < -0.3 is 9.84 Å². The Hall–Kier alpha value is -1.80. The van der Waals surface area contributed by atoms with E-state index >= 15 is 0 Å². The minimum atomic E-state index is -0.479. The standard InChI is InChI=1S/C15H14O2/c16-13-10-12-8-4-5-9-14(12)17-15(13)11-6-2-1-3-7-11/h1-9,13,15-16H,10H2/t13?,15-/m0/s1. The SMILES string of the molecule is OC1Cc2ccccc2O[C@H]1c1ccccc1. The first-order valence-corrected chi connectivity index (χ1v) is 5.82. The molecule has 17 heavy (non-hydrogen) atoms. The summed E-state index contributed by atoms with van der Waals surface area (Å²) in [7, 11) is 0. The van der Waals surface area contributed by atoms with Crippen molar-refractivity contribution in [2.24, 2.45) is 0 Å². The minimum Gasteiger partial charge on any atom is -0.483 e. The van der Waals surface area contributed by atoms with Crippen LogP contribution in [0.3, 0.4) is 0 Å². The second-order valence-corrected chi connectivity index (χ2v) is 4.33. The van der Waals surface area contributed by atoms with Crippen molar-refractivity contribution in [1.29, 1.82) is 0 Å². The highest BCUT2D eigenvalue weighted by Crippen LogP contribution is 2.34. The Balaban J connectivity index is 1.95. The molecule has 0 amide bonds. The van der Waals surface area contributed by atoms with E-state index in [1.807, 2.05) is 54.6 Å². The summed E-state index contributed by atoms with van der Waals surface area (Å²) < 4.78 is 5.88. The zero-order valence-corrected chi connectivity index (χ0v) is 9.41. The molecule has 2 heteroatoms. The molecular weight excluding hydrogens is 212 g/mol. The Morgan fingerprint density at radius 1 is 0.941 bits per heavy atom. The lowest BCUT2D eigenvalue weighted by Gasteiger charge is -2.30. The third kappa shape index (κ3) is 1.92. The van der Waals surface area contributed by atoms with Gasteiger partial charge in [0.1, 0.15) is 11.9 Å². The predicted octanol–water partition coefficient (Wildman–Crippen LogP) is 2.72. The van der Waals surface area contributed by atoms with Gasteiger partial charge in [-0.1, -0.05) is 48.5 Å². The van der Waals surface area contributed by atoms with Gasteiger partial charge in [0.05, 0.1) is 6.10 Å². The summed E-state index contributed by atoms with van der Waals surface area (Å²) in [4.78, 5) is 0. The fraction of sp³-hybridized carbons (Fsp3) is 0.200. The fourth-order valence-electron chi connectivity index (χ4n) is 2.27. The summed E-state index contributed by atoms with van der Waals surface area (Å²) in [6, 6.07) is 17.8. The van der Waals surface area contributed by atoms with Gasteiger partial charge in [-0.05, 0) is 17.2 Å². The number of hydrogen-bond acceptors (Lipinski definition) is 2. The van der Waals surface area contributed by atoms with Crippen molar-refractivity contribution in [2.45, 2.75) is 18.6 Å². The van der Waals surface area contributed by atoms with E-state index in [1.54, 1.807) is 0 Å². The normalized spacial score (nSPS) is 22.6. The Morgan fingerprint density at radius 3 is 2.47 bits per heavy atom. The first-order valence-electron chi connectivity index (χ1n) is 5.82. The second kappa shape index (κ2) is 4.22. The van der Waals surface area contributed by atoms with Crippen LogP contribution in [-0.4, -0.2) is 11.2 Å². The van der Waals surface area contributed by atoms with E-state index in [0.717, 1.165) is 16.9 Å². The van der Waals surface area contributed by atoms with Crippen LogP contribution in [0.4, 0.5) is 0 Å². The number of benzene rings is 2. The lowest BCUT2D eigenvalue weighted by molar-refractivity contribution is 0.0208. The average molecular weight is 226 g/mol. The summed E-state index contributed by atoms with van der Waals surface area (Å²) in [6.45, 7) is 0. The molecule has 3 rings (SSSR count). The third-order valence-corrected chi connectivity index (χ3v) is 3.13. The number of aliphatic hydroxyl groups is 1. The van der Waals surface area contributed by atoms with Gasteiger partial charge in [-0.2, -0.15) is 0 Å². The summed E-state index contributed by atoms with van der Waals surface area (Å²) in [5.41, 5.74) is 2.10. The van der Waals surface area contributed by atoms with Crippen molar-refractivity contribution in [3.05, 3.63) is 65.7 Å². The van der Waals surface area contributed by atoms with E-state index in [2.05, 4.69) is 0 Å². The third-order valence-electron chi connectivity index (χ3n) is 3.13. The highest BCUT2D eigenvalue weighted by Gasteiger charge is 2.29. The molecule has 0 saturated carbocycles. The number of fused-ring (bicyclic) bond motifs is 1. The number of ether oxygens (including phenoxy) is 1. The van der Waals surface area contributed by atoms with Gasteiger partial charge in [-0.15, -0.1) is 0 Å². The van der Waals surface area contributed by atoms with Gasteiger partial charge in [-0.25, -0.2) is 0 Å². The van der Waals surface area contributed by atoms with Crippen molar-refractivity contribution in [1.82, 2.24) is 0 Å². The molecular formula is C15H14O2. The molecule has 0 aromatic heterocycles. The molecule has 1 unspecified atom stereocenters. The maximum atomic E-state index is 10.1. The van der Waals surface area contributed by atoms with E-state index in [1.165, 1.54) is 0 Å². The summed E-state index contributed by atoms with van der Waals surface area (Å²) in [5, 5.41) is 10.1. The molecule has 0 bridgehead atoms. The first-order chi connectivity index (χ1) is 8.34. The van der Waals surface area contributed by atoms with Crippen LogP contribution >= 0.6 is 0 Å². The molecule has 1 N–H and O–H groups in total. The molecule has 1 heterocycles. The molecule has 0 saturated heterocycles. The van der Waals surface area contributed by atoms with E-state index in [4.69, 9.17) is 4.74 Å². The van der Waals surface area contributed by atoms with Gasteiger partial charge in [-0.3, -0.25) is 0 Å². The van der Waals surface area contributed by atoms with Gasteiger partial charge in [0.15, 0.2) is 0 Å². The number of hydrogen-bond donors (Lipinski definition) is 1. The van der Waals surface area contributed by atoms with Crippen LogP contribution in [0.1, 0.15) is 17.2 Å². The number of para-hydroxylation sites is 1. The monoisotopic (exact) mass is 226 g/mol. The van der Waals surface area contributed by atoms with Crippen molar-refractivity contribution in [3.8, 4) is 5.75 Å². The van der Waals surface area contributed by atoms with E-state index in [-0.39, 0.29) is 6.10 Å². The molecule has 2 nitrogen and oxygen atoms in total. The van der Waals surface area contributed by atoms with Crippen LogP contribution in [0, 0.1) is 0 Å². The Morgan fingerprint density at radius 2 is 1.65 bits per heavy atom. The molecule has 2 atom stereocenters. The molecule has 1 aliphatic heterocycles. The molecule has 2 aromatic carbocycles. The van der Waals surface area contributed by atoms with Crippen LogP contribution in [0.25, 0.3) is 0 Å². The van der Waals surface area contributed by atoms with Gasteiger partial charge in [0.2, 0.25) is 0 Å². The zero-order valence-electron chi connectivity index (χ0n) is 9.41. The topological polar surface area (TPSA) is 29.5 Å². The quantitative estimate of drug-likeness (QED) is 0.810. The molecule has 0 spiro atoms. The van der Waals surface area contributed by atoms with Crippen molar-refractivity contribution >= 4 is 0 Å². The van der Waals surface area contributed by atoms with Crippen molar-refractivity contribution < 1.29 is 9.84 Å². The Labute approximate surface area is 100 Å². The fourth-order valence-corrected chi connectivity index (χ4v) is 2.27. The summed E-state index contributed by atoms with van der Waals surface area (Å²) in [5.74, 6) is 0.881. The Bertz CT molecular complexity index is 507. The van der Waals surface area contributed by atoms with Gasteiger partial charge >= 0.3 is 0 Å². The zero-order chi connectivity index (χ0) is 11.7. The van der Waals surface area contributed by atoms with Crippen LogP contribution in [-0.2, 0) is 6.42 Å². The molecule has 0 aliphatic carbocycles. The Kier molecular flexibility index (Phi) is 2.57. The lowest BCUT2D eigenvalue weighted by Crippen LogP contribution is -2.30. The predicted molar refractivity (Wildman–Crippen MR) is 66.0 cm³/mol. The van der Waals surface area contributed by atoms with Crippen LogP contribution in [0.5, 0.6) is 5.75 Å². The smallest absolute Gasteiger partial charge is 0.150 e. The van der Waals surface area contributed by atoms with Crippen LogP contribution in [0.15, 0.2) is 54.6 Å². The first kappa shape index (κ1) is 10.4. The highest BCUT2D eigenvalue weighted by atomic mass is 16.5. The molecule has 1 aliphatic rings. The second-order valence-electron chi connectivity index (χ2n) is 4.33. The van der Waals surface area contributed by atoms with Crippen LogP contribution < -0.4 is 4.74 Å². The largest absolute Gasteiger partial charge is 0.483 e. The van der Waals surface area contributed by atoms with E-state index in [9.17, 15) is 5.11 Å².